The lowest BCUT2D eigenvalue weighted by Gasteiger charge is -2.08. The van der Waals surface area contributed by atoms with Gasteiger partial charge >= 0.3 is 0 Å². The topological polar surface area (TPSA) is 9.23 Å². The zero-order valence-corrected chi connectivity index (χ0v) is 9.34. The molecule has 0 saturated heterocycles. The number of allylic oxidation sites excluding steroid dienone is 3. The van der Waals surface area contributed by atoms with Crippen LogP contribution < -0.4 is 0 Å². The third-order valence-electron chi connectivity index (χ3n) is 2.06. The smallest absolute Gasteiger partial charge is 0.0760 e. The third kappa shape index (κ3) is 4.89. The number of ether oxygens (including phenoxy) is 1. The van der Waals surface area contributed by atoms with Gasteiger partial charge in [0.25, 0.3) is 0 Å². The fourth-order valence-electron chi connectivity index (χ4n) is 1.29. The first-order chi connectivity index (χ1) is 6.36. The molecule has 0 aromatic heterocycles. The molecule has 0 bridgehead atoms. The maximum absolute atomic E-state index is 5.29. The van der Waals surface area contributed by atoms with Crippen LogP contribution in [-0.4, -0.2) is 13.2 Å². The molecule has 1 unspecified atom stereocenters. The second kappa shape index (κ2) is 8.06. The lowest BCUT2D eigenvalue weighted by molar-refractivity contribution is 0.134. The molecule has 0 heterocycles. The van der Waals surface area contributed by atoms with Gasteiger partial charge in [0.2, 0.25) is 0 Å². The largest absolute Gasteiger partial charge is 0.377 e. The highest BCUT2D eigenvalue weighted by molar-refractivity contribution is 5.21. The summed E-state index contributed by atoms with van der Waals surface area (Å²) >= 11 is 0. The van der Waals surface area contributed by atoms with Crippen molar-refractivity contribution in [2.75, 3.05) is 7.11 Å². The Morgan fingerprint density at radius 1 is 1.46 bits per heavy atom. The second-order valence-electron chi connectivity index (χ2n) is 2.85. The summed E-state index contributed by atoms with van der Waals surface area (Å²) in [5.74, 6) is 0. The van der Waals surface area contributed by atoms with Gasteiger partial charge in [0, 0.05) is 7.11 Å². The second-order valence-corrected chi connectivity index (χ2v) is 2.85. The lowest BCUT2D eigenvalue weighted by atomic mass is 10.1. The Labute approximate surface area is 82.5 Å². The zero-order valence-electron chi connectivity index (χ0n) is 9.34. The Morgan fingerprint density at radius 2 is 2.15 bits per heavy atom. The summed E-state index contributed by atoms with van der Waals surface area (Å²) in [4.78, 5) is 0. The van der Waals surface area contributed by atoms with Gasteiger partial charge < -0.3 is 4.74 Å². The maximum Gasteiger partial charge on any atom is 0.0760 e. The summed E-state index contributed by atoms with van der Waals surface area (Å²) in [5.41, 5.74) is 1.40. The summed E-state index contributed by atoms with van der Waals surface area (Å²) in [5, 5.41) is 0. The van der Waals surface area contributed by atoms with Gasteiger partial charge in [-0.2, -0.15) is 0 Å². The highest BCUT2D eigenvalue weighted by Crippen LogP contribution is 2.15. The minimum absolute atomic E-state index is 0.333. The molecule has 0 fully saturated rings. The molecule has 0 aromatic carbocycles. The van der Waals surface area contributed by atoms with E-state index in [9.17, 15) is 0 Å². The van der Waals surface area contributed by atoms with E-state index in [1.54, 1.807) is 7.11 Å². The lowest BCUT2D eigenvalue weighted by Crippen LogP contribution is -2.05. The summed E-state index contributed by atoms with van der Waals surface area (Å²) in [6.45, 7) is 6.17. The summed E-state index contributed by atoms with van der Waals surface area (Å²) in [6.07, 6.45) is 10.4. The molecule has 0 aliphatic heterocycles. The third-order valence-corrected chi connectivity index (χ3v) is 2.06. The molecule has 0 spiro atoms. The summed E-state index contributed by atoms with van der Waals surface area (Å²) in [6, 6.07) is 0. The van der Waals surface area contributed by atoms with Crippen molar-refractivity contribution in [3.63, 3.8) is 0 Å². The highest BCUT2D eigenvalue weighted by Gasteiger charge is 2.05. The van der Waals surface area contributed by atoms with Crippen molar-refractivity contribution in [1.82, 2.24) is 0 Å². The van der Waals surface area contributed by atoms with Crippen LogP contribution in [0.3, 0.4) is 0 Å². The monoisotopic (exact) mass is 182 g/mol. The van der Waals surface area contributed by atoms with Gasteiger partial charge in [-0.05, 0) is 19.3 Å². The molecule has 0 aromatic rings. The van der Waals surface area contributed by atoms with E-state index in [2.05, 4.69) is 25.2 Å². The van der Waals surface area contributed by atoms with E-state index in [4.69, 9.17) is 4.74 Å². The number of hydrogen-bond acceptors (Lipinski definition) is 1. The first kappa shape index (κ1) is 12.4. The van der Waals surface area contributed by atoms with Crippen molar-refractivity contribution >= 4 is 0 Å². The molecule has 0 saturated carbocycles. The SMILES string of the molecule is CC.CCC1=CC(OC)CCC=C1. The molecule has 1 rings (SSSR count). The molecule has 1 aliphatic carbocycles. The van der Waals surface area contributed by atoms with Crippen LogP contribution in [0.5, 0.6) is 0 Å². The van der Waals surface area contributed by atoms with Crippen LogP contribution in [0, 0.1) is 0 Å². The predicted molar refractivity (Wildman–Crippen MR) is 58.9 cm³/mol. The zero-order chi connectivity index (χ0) is 10.1. The summed E-state index contributed by atoms with van der Waals surface area (Å²) < 4.78 is 5.29. The molecule has 1 nitrogen and oxygen atoms in total. The molecule has 76 valence electrons. The van der Waals surface area contributed by atoms with Crippen molar-refractivity contribution in [2.45, 2.75) is 46.1 Å². The van der Waals surface area contributed by atoms with E-state index >= 15 is 0 Å². The van der Waals surface area contributed by atoms with Gasteiger partial charge in [-0.25, -0.2) is 0 Å². The van der Waals surface area contributed by atoms with Gasteiger partial charge in [-0.15, -0.1) is 0 Å². The van der Waals surface area contributed by atoms with E-state index in [0.717, 1.165) is 19.3 Å². The molecule has 0 radical (unpaired) electrons. The van der Waals surface area contributed by atoms with Crippen molar-refractivity contribution in [3.05, 3.63) is 23.8 Å². The molecular formula is C12H22O. The number of hydrogen-bond donors (Lipinski definition) is 0. The Balaban J connectivity index is 0.000000671. The highest BCUT2D eigenvalue weighted by atomic mass is 16.5. The maximum atomic E-state index is 5.29. The van der Waals surface area contributed by atoms with Gasteiger partial charge in [-0.3, -0.25) is 0 Å². The van der Waals surface area contributed by atoms with Gasteiger partial charge in [-0.1, -0.05) is 44.6 Å². The van der Waals surface area contributed by atoms with E-state index in [1.165, 1.54) is 5.57 Å². The molecular weight excluding hydrogens is 160 g/mol. The number of methoxy groups -OCH3 is 1. The van der Waals surface area contributed by atoms with E-state index in [0.29, 0.717) is 6.10 Å². The molecule has 1 heteroatoms. The predicted octanol–water partition coefficient (Wildman–Crippen LogP) is 3.71. The standard InChI is InChI=1S/C10H16O.C2H6/c1-3-9-6-4-5-7-10(8-9)11-2;1-2/h4,6,8,10H,3,5,7H2,1-2H3;1-2H3. The Hall–Kier alpha value is -0.560. The van der Waals surface area contributed by atoms with Crippen molar-refractivity contribution in [2.24, 2.45) is 0 Å². The first-order valence-electron chi connectivity index (χ1n) is 5.27. The van der Waals surface area contributed by atoms with Crippen LogP contribution >= 0.6 is 0 Å². The van der Waals surface area contributed by atoms with Crippen LogP contribution in [0.15, 0.2) is 23.8 Å². The molecule has 1 atom stereocenters. The normalized spacial score (nSPS) is 21.2. The Morgan fingerprint density at radius 3 is 2.69 bits per heavy atom. The van der Waals surface area contributed by atoms with Crippen LogP contribution in [0.4, 0.5) is 0 Å². The molecule has 13 heavy (non-hydrogen) atoms. The van der Waals surface area contributed by atoms with Gasteiger partial charge in [0.1, 0.15) is 0 Å². The first-order valence-corrected chi connectivity index (χ1v) is 5.27. The average molecular weight is 182 g/mol. The fourth-order valence-corrected chi connectivity index (χ4v) is 1.29. The Kier molecular flexibility index (Phi) is 7.71. The van der Waals surface area contributed by atoms with Crippen LogP contribution in [0.1, 0.15) is 40.0 Å². The van der Waals surface area contributed by atoms with Crippen molar-refractivity contribution in [1.29, 1.82) is 0 Å². The van der Waals surface area contributed by atoms with Gasteiger partial charge in [0.15, 0.2) is 0 Å². The quantitative estimate of drug-likeness (QED) is 0.632. The van der Waals surface area contributed by atoms with E-state index in [1.807, 2.05) is 13.8 Å². The van der Waals surface area contributed by atoms with Crippen LogP contribution in [-0.2, 0) is 4.74 Å². The van der Waals surface area contributed by atoms with E-state index in [-0.39, 0.29) is 0 Å². The van der Waals surface area contributed by atoms with Crippen molar-refractivity contribution < 1.29 is 4.74 Å². The van der Waals surface area contributed by atoms with E-state index < -0.39 is 0 Å². The van der Waals surface area contributed by atoms with Gasteiger partial charge in [0.05, 0.1) is 6.10 Å². The van der Waals surface area contributed by atoms with Crippen LogP contribution in [0.25, 0.3) is 0 Å². The molecule has 0 amide bonds. The van der Waals surface area contributed by atoms with Crippen LogP contribution in [0.2, 0.25) is 0 Å². The molecule has 1 aliphatic rings. The Bertz CT molecular complexity index is 168. The molecule has 0 N–H and O–H groups in total. The number of rotatable bonds is 2. The summed E-state index contributed by atoms with van der Waals surface area (Å²) in [7, 11) is 1.78. The average Bonchev–Trinajstić information content (AvgIpc) is 2.45. The minimum Gasteiger partial charge on any atom is -0.377 e. The minimum atomic E-state index is 0.333. The van der Waals surface area contributed by atoms with Crippen molar-refractivity contribution in [3.8, 4) is 0 Å². The fraction of sp³-hybridized carbons (Fsp3) is 0.667.